The van der Waals surface area contributed by atoms with Crippen LogP contribution in [0.25, 0.3) is 0 Å². The van der Waals surface area contributed by atoms with Crippen LogP contribution in [0.3, 0.4) is 0 Å². The van der Waals surface area contributed by atoms with Crippen LogP contribution in [-0.4, -0.2) is 40.1 Å². The molecule has 1 atom stereocenters. The van der Waals surface area contributed by atoms with E-state index in [1.807, 2.05) is 23.3 Å². The lowest BCUT2D eigenvalue weighted by Gasteiger charge is -2.48. The SMILES string of the molecule is O=C1C=CNN2CN3CCCCC(C(c4cccc(F)c4)c4cccc(F)c4)N3C=C12. The molecule has 0 bridgehead atoms. The fourth-order valence-electron chi connectivity index (χ4n) is 4.81. The van der Waals surface area contributed by atoms with Gasteiger partial charge in [-0.05, 0) is 54.7 Å². The first-order chi connectivity index (χ1) is 15.1. The number of hydrogen-bond donors (Lipinski definition) is 1. The van der Waals surface area contributed by atoms with Crippen LogP contribution >= 0.6 is 0 Å². The molecule has 1 fully saturated rings. The van der Waals surface area contributed by atoms with Gasteiger partial charge in [0.05, 0.1) is 6.04 Å². The maximum Gasteiger partial charge on any atom is 0.206 e. The molecule has 5 rings (SSSR count). The number of hydrazine groups is 2. The van der Waals surface area contributed by atoms with Crippen molar-refractivity contribution < 1.29 is 13.6 Å². The minimum atomic E-state index is -0.315. The smallest absolute Gasteiger partial charge is 0.206 e. The molecule has 3 heterocycles. The highest BCUT2D eigenvalue weighted by molar-refractivity contribution is 6.03. The summed E-state index contributed by atoms with van der Waals surface area (Å²) < 4.78 is 28.4. The van der Waals surface area contributed by atoms with Gasteiger partial charge in [-0.15, -0.1) is 0 Å². The first kappa shape index (κ1) is 19.8. The van der Waals surface area contributed by atoms with Crippen molar-refractivity contribution >= 4 is 5.78 Å². The van der Waals surface area contributed by atoms with Gasteiger partial charge in [-0.2, -0.15) is 5.01 Å². The Morgan fingerprint density at radius 2 is 1.71 bits per heavy atom. The number of allylic oxidation sites excluding steroid dienone is 1. The Kier molecular flexibility index (Phi) is 5.19. The highest BCUT2D eigenvalue weighted by atomic mass is 19.1. The third-order valence-electron chi connectivity index (χ3n) is 6.20. The zero-order chi connectivity index (χ0) is 21.4. The van der Waals surface area contributed by atoms with Crippen LogP contribution in [0.2, 0.25) is 0 Å². The Hall–Kier alpha value is -3.19. The van der Waals surface area contributed by atoms with E-state index in [1.165, 1.54) is 30.3 Å². The van der Waals surface area contributed by atoms with Crippen LogP contribution in [0.1, 0.15) is 36.3 Å². The van der Waals surface area contributed by atoms with Gasteiger partial charge in [-0.3, -0.25) is 9.80 Å². The van der Waals surface area contributed by atoms with E-state index < -0.39 is 0 Å². The summed E-state index contributed by atoms with van der Waals surface area (Å²) in [6, 6.07) is 13.0. The minimum Gasteiger partial charge on any atom is -0.305 e. The van der Waals surface area contributed by atoms with Gasteiger partial charge in [-0.1, -0.05) is 24.3 Å². The van der Waals surface area contributed by atoms with Gasteiger partial charge in [0.25, 0.3) is 0 Å². The molecule has 160 valence electrons. The molecule has 0 amide bonds. The Balaban J connectivity index is 1.62. The number of benzene rings is 2. The van der Waals surface area contributed by atoms with Gasteiger partial charge in [0.1, 0.15) is 24.0 Å². The van der Waals surface area contributed by atoms with Crippen LogP contribution in [0.5, 0.6) is 0 Å². The lowest BCUT2D eigenvalue weighted by Crippen LogP contribution is -2.58. The van der Waals surface area contributed by atoms with Gasteiger partial charge in [0.2, 0.25) is 5.78 Å². The van der Waals surface area contributed by atoms with Crippen molar-refractivity contribution in [1.82, 2.24) is 20.5 Å². The number of ketones is 1. The van der Waals surface area contributed by atoms with Gasteiger partial charge in [-0.25, -0.2) is 8.78 Å². The number of carbonyl (C=O) groups is 1. The summed E-state index contributed by atoms with van der Waals surface area (Å²) in [5.74, 6) is -0.944. The maximum absolute atomic E-state index is 14.2. The van der Waals surface area contributed by atoms with Crippen molar-refractivity contribution in [2.75, 3.05) is 13.2 Å². The summed E-state index contributed by atoms with van der Waals surface area (Å²) in [6.45, 7) is 1.37. The Labute approximate surface area is 180 Å². The predicted molar refractivity (Wildman–Crippen MR) is 113 cm³/mol. The number of rotatable bonds is 3. The second kappa shape index (κ2) is 8.15. The molecule has 0 spiro atoms. The van der Waals surface area contributed by atoms with E-state index in [2.05, 4.69) is 15.4 Å². The highest BCUT2D eigenvalue weighted by Gasteiger charge is 2.38. The summed E-state index contributed by atoms with van der Waals surface area (Å²) in [7, 11) is 0. The van der Waals surface area contributed by atoms with Crippen molar-refractivity contribution in [2.45, 2.75) is 31.2 Å². The third-order valence-corrected chi connectivity index (χ3v) is 6.20. The lowest BCUT2D eigenvalue weighted by atomic mass is 9.82. The summed E-state index contributed by atoms with van der Waals surface area (Å²) in [6.07, 6.45) is 7.88. The zero-order valence-corrected chi connectivity index (χ0v) is 17.0. The molecule has 2 aromatic carbocycles. The van der Waals surface area contributed by atoms with E-state index in [4.69, 9.17) is 0 Å². The molecular formula is C24H24F2N4O. The molecule has 0 radical (unpaired) electrons. The topological polar surface area (TPSA) is 38.8 Å². The number of carbonyl (C=O) groups excluding carboxylic acids is 1. The van der Waals surface area contributed by atoms with Crippen molar-refractivity contribution in [1.29, 1.82) is 0 Å². The number of fused-ring (bicyclic) bond motifs is 2. The first-order valence-electron chi connectivity index (χ1n) is 10.6. The monoisotopic (exact) mass is 422 g/mol. The number of nitrogens with one attached hydrogen (secondary N) is 1. The summed E-state index contributed by atoms with van der Waals surface area (Å²) in [5, 5.41) is 6.16. The maximum atomic E-state index is 14.2. The molecule has 1 N–H and O–H groups in total. The van der Waals surface area contributed by atoms with E-state index in [0.717, 1.165) is 36.9 Å². The fraction of sp³-hybridized carbons (Fsp3) is 0.292. The number of hydrogen-bond acceptors (Lipinski definition) is 5. The van der Waals surface area contributed by atoms with Crippen molar-refractivity contribution in [3.8, 4) is 0 Å². The van der Waals surface area contributed by atoms with Crippen LogP contribution in [-0.2, 0) is 4.79 Å². The fourth-order valence-corrected chi connectivity index (χ4v) is 4.81. The van der Waals surface area contributed by atoms with E-state index in [1.54, 1.807) is 18.3 Å². The molecule has 5 nitrogen and oxygen atoms in total. The van der Waals surface area contributed by atoms with E-state index in [-0.39, 0.29) is 29.4 Å². The second-order valence-electron chi connectivity index (χ2n) is 8.17. The standard InChI is InChI=1S/C24H24F2N4O/c25-19-7-3-5-17(13-19)24(18-6-4-8-20(26)14-18)21-9-1-2-12-28-16-29-22(15-30(21)28)23(31)10-11-27-29/h3-8,10-11,13-15,21,24,27H,1-2,9,12,16H2. The van der Waals surface area contributed by atoms with Gasteiger partial charge >= 0.3 is 0 Å². The normalized spacial score (nSPS) is 21.3. The molecule has 0 aromatic heterocycles. The molecule has 1 unspecified atom stereocenters. The van der Waals surface area contributed by atoms with E-state index in [9.17, 15) is 13.6 Å². The van der Waals surface area contributed by atoms with Gasteiger partial charge in [0.15, 0.2) is 0 Å². The molecule has 31 heavy (non-hydrogen) atoms. The Morgan fingerprint density at radius 1 is 1.00 bits per heavy atom. The molecule has 3 aliphatic heterocycles. The molecule has 0 saturated carbocycles. The summed E-state index contributed by atoms with van der Waals surface area (Å²) >= 11 is 0. The van der Waals surface area contributed by atoms with E-state index >= 15 is 0 Å². The molecule has 3 aliphatic rings. The summed E-state index contributed by atoms with van der Waals surface area (Å²) in [4.78, 5) is 12.5. The first-order valence-corrected chi connectivity index (χ1v) is 10.6. The van der Waals surface area contributed by atoms with Crippen molar-refractivity contribution in [3.05, 3.63) is 95.5 Å². The second-order valence-corrected chi connectivity index (χ2v) is 8.17. The quantitative estimate of drug-likeness (QED) is 0.813. The molecule has 7 heteroatoms. The van der Waals surface area contributed by atoms with Crippen LogP contribution in [0, 0.1) is 11.6 Å². The molecule has 2 aromatic rings. The number of nitrogens with zero attached hydrogens (tertiary/aromatic N) is 3. The molecule has 0 aliphatic carbocycles. The average molecular weight is 422 g/mol. The molecular weight excluding hydrogens is 398 g/mol. The third kappa shape index (κ3) is 3.81. The predicted octanol–water partition coefficient (Wildman–Crippen LogP) is 3.88. The highest BCUT2D eigenvalue weighted by Crippen LogP contribution is 2.38. The van der Waals surface area contributed by atoms with Crippen molar-refractivity contribution in [3.63, 3.8) is 0 Å². The minimum absolute atomic E-state index is 0.0607. The zero-order valence-electron chi connectivity index (χ0n) is 17.0. The number of halogens is 2. The summed E-state index contributed by atoms with van der Waals surface area (Å²) in [5.41, 5.74) is 5.29. The lowest BCUT2D eigenvalue weighted by molar-refractivity contribution is -0.119. The largest absolute Gasteiger partial charge is 0.305 e. The van der Waals surface area contributed by atoms with Crippen LogP contribution in [0.15, 0.2) is 72.7 Å². The Bertz CT molecular complexity index is 1010. The van der Waals surface area contributed by atoms with Gasteiger partial charge in [0, 0.05) is 30.9 Å². The Morgan fingerprint density at radius 3 is 2.39 bits per heavy atom. The van der Waals surface area contributed by atoms with Crippen molar-refractivity contribution in [2.24, 2.45) is 0 Å². The van der Waals surface area contributed by atoms with Crippen LogP contribution in [0.4, 0.5) is 8.78 Å². The molecule has 1 saturated heterocycles. The average Bonchev–Trinajstić information content (AvgIpc) is 2.95. The van der Waals surface area contributed by atoms with E-state index in [0.29, 0.717) is 12.4 Å². The van der Waals surface area contributed by atoms with Gasteiger partial charge < -0.3 is 10.4 Å². The van der Waals surface area contributed by atoms with Crippen LogP contribution < -0.4 is 5.43 Å².